The predicted octanol–water partition coefficient (Wildman–Crippen LogP) is 4.51. The van der Waals surface area contributed by atoms with Crippen molar-refractivity contribution in [1.82, 2.24) is 9.80 Å². The molecule has 0 aromatic rings. The summed E-state index contributed by atoms with van der Waals surface area (Å²) in [6.45, 7) is 20.5. The third kappa shape index (κ3) is 8.13. The number of nitrogens with zero attached hydrogens (tertiary/aromatic N) is 2. The lowest BCUT2D eigenvalue weighted by atomic mass is 10.0. The predicted molar refractivity (Wildman–Crippen MR) is 134 cm³/mol. The molecule has 2 fully saturated rings. The van der Waals surface area contributed by atoms with Gasteiger partial charge in [-0.05, 0) is 73.1 Å². The first-order valence-corrected chi connectivity index (χ1v) is 12.2. The molecule has 0 bridgehead atoms. The van der Waals surface area contributed by atoms with Crippen LogP contribution in [0, 0.1) is 11.8 Å². The Labute approximate surface area is 215 Å². The lowest BCUT2D eigenvalue weighted by molar-refractivity contribution is -0.146. The summed E-state index contributed by atoms with van der Waals surface area (Å²) in [7, 11) is 2.64. The Kier molecular flexibility index (Phi) is 10.4. The highest BCUT2D eigenvalue weighted by Crippen LogP contribution is 2.34. The van der Waals surface area contributed by atoms with Crippen molar-refractivity contribution in [2.45, 2.75) is 104 Å². The maximum atomic E-state index is 12.1. The van der Waals surface area contributed by atoms with Crippen LogP contribution >= 0.6 is 0 Å². The third-order valence-electron chi connectivity index (χ3n) is 6.10. The summed E-state index contributed by atoms with van der Waals surface area (Å²) >= 11 is 0. The van der Waals surface area contributed by atoms with Crippen molar-refractivity contribution in [3.05, 3.63) is 12.3 Å². The van der Waals surface area contributed by atoms with Crippen LogP contribution in [0.2, 0.25) is 0 Å². The fraction of sp³-hybridized carbons (Fsp3) is 0.769. The highest BCUT2D eigenvalue weighted by Gasteiger charge is 2.45. The van der Waals surface area contributed by atoms with E-state index in [1.54, 1.807) is 20.8 Å². The van der Waals surface area contributed by atoms with E-state index >= 15 is 0 Å². The largest absolute Gasteiger partial charge is 0.467 e. The highest BCUT2D eigenvalue weighted by atomic mass is 16.6. The molecule has 0 unspecified atom stereocenters. The van der Waals surface area contributed by atoms with Gasteiger partial charge in [0.2, 0.25) is 0 Å². The Bertz CT molecular complexity index is 842. The number of amides is 2. The summed E-state index contributed by atoms with van der Waals surface area (Å²) in [4.78, 5) is 50.4. The third-order valence-corrected chi connectivity index (χ3v) is 6.10. The van der Waals surface area contributed by atoms with Gasteiger partial charge in [0.05, 0.1) is 14.2 Å². The lowest BCUT2D eigenvalue weighted by Gasteiger charge is -2.30. The van der Waals surface area contributed by atoms with Gasteiger partial charge in [0.15, 0.2) is 0 Å². The molecule has 206 valence electrons. The van der Waals surface area contributed by atoms with E-state index in [1.807, 2.05) is 41.5 Å². The van der Waals surface area contributed by atoms with Crippen molar-refractivity contribution < 1.29 is 38.1 Å². The maximum Gasteiger partial charge on any atom is 0.415 e. The SMILES string of the molecule is C=C1[C@@H](C)C[C@@H](C(=O)OC)N1C(=O)OC(C)(C)C.COC(=O)[C@@H]1C[C@H](C)[C@H](C)N1C(=O)OC(C)(C)C. The molecular weight excluding hydrogens is 468 g/mol. The molecule has 0 spiro atoms. The van der Waals surface area contributed by atoms with E-state index < -0.39 is 41.4 Å². The molecule has 2 amide bonds. The van der Waals surface area contributed by atoms with Gasteiger partial charge in [0.1, 0.15) is 23.3 Å². The van der Waals surface area contributed by atoms with Crippen LogP contribution in [0.1, 0.15) is 75.2 Å². The first-order chi connectivity index (χ1) is 16.3. The smallest absolute Gasteiger partial charge is 0.415 e. The molecule has 0 aromatic heterocycles. The Morgan fingerprint density at radius 3 is 1.67 bits per heavy atom. The van der Waals surface area contributed by atoms with Crippen molar-refractivity contribution in [2.24, 2.45) is 11.8 Å². The first-order valence-electron chi connectivity index (χ1n) is 12.2. The number of allylic oxidation sites excluding steroid dienone is 1. The number of carbonyl (C=O) groups is 4. The van der Waals surface area contributed by atoms with E-state index in [0.717, 1.165) is 0 Å². The molecule has 36 heavy (non-hydrogen) atoms. The molecule has 0 aliphatic carbocycles. The number of hydrogen-bond donors (Lipinski definition) is 0. The van der Waals surface area contributed by atoms with Gasteiger partial charge in [0, 0.05) is 11.7 Å². The molecule has 2 aliphatic rings. The van der Waals surface area contributed by atoms with Crippen molar-refractivity contribution >= 4 is 24.1 Å². The fourth-order valence-electron chi connectivity index (χ4n) is 4.08. The van der Waals surface area contributed by atoms with Gasteiger partial charge in [-0.15, -0.1) is 0 Å². The lowest BCUT2D eigenvalue weighted by Crippen LogP contribution is -2.47. The Balaban J connectivity index is 0.000000360. The van der Waals surface area contributed by atoms with Crippen LogP contribution in [0.15, 0.2) is 12.3 Å². The molecule has 0 saturated carbocycles. The minimum absolute atomic E-state index is 0.0241. The van der Waals surface area contributed by atoms with E-state index in [1.165, 1.54) is 24.0 Å². The molecule has 2 heterocycles. The molecule has 2 rings (SSSR count). The normalized spacial score (nSPS) is 26.1. The minimum atomic E-state index is -0.632. The zero-order valence-electron chi connectivity index (χ0n) is 23.7. The van der Waals surface area contributed by atoms with Crippen LogP contribution in [0.4, 0.5) is 9.59 Å². The van der Waals surface area contributed by atoms with Crippen LogP contribution in [-0.4, -0.2) is 77.5 Å². The number of rotatable bonds is 2. The zero-order valence-corrected chi connectivity index (χ0v) is 23.7. The Hall–Kier alpha value is -2.78. The minimum Gasteiger partial charge on any atom is -0.467 e. The van der Waals surface area contributed by atoms with Crippen LogP contribution in [-0.2, 0) is 28.5 Å². The van der Waals surface area contributed by atoms with Gasteiger partial charge in [-0.3, -0.25) is 9.80 Å². The monoisotopic (exact) mass is 512 g/mol. The molecule has 0 N–H and O–H groups in total. The number of methoxy groups -OCH3 is 2. The summed E-state index contributed by atoms with van der Waals surface area (Å²) in [5.74, 6) is -0.508. The number of hydrogen-bond acceptors (Lipinski definition) is 8. The molecule has 0 aromatic carbocycles. The molecule has 2 saturated heterocycles. The molecule has 2 aliphatic heterocycles. The maximum absolute atomic E-state index is 12.1. The van der Waals surface area contributed by atoms with Crippen LogP contribution in [0.5, 0.6) is 0 Å². The van der Waals surface area contributed by atoms with Crippen molar-refractivity contribution in [3.8, 4) is 0 Å². The number of likely N-dealkylation sites (tertiary alicyclic amines) is 2. The number of carbonyl (C=O) groups excluding carboxylic acids is 4. The second-order valence-electron chi connectivity index (χ2n) is 11.4. The first kappa shape index (κ1) is 31.3. The zero-order chi connectivity index (χ0) is 28.2. The van der Waals surface area contributed by atoms with E-state index in [0.29, 0.717) is 18.5 Å². The van der Waals surface area contributed by atoms with Gasteiger partial charge < -0.3 is 18.9 Å². The summed E-state index contributed by atoms with van der Waals surface area (Å²) in [6, 6.07) is -1.19. The van der Waals surface area contributed by atoms with E-state index in [-0.39, 0.29) is 23.8 Å². The van der Waals surface area contributed by atoms with Crippen LogP contribution in [0.3, 0.4) is 0 Å². The molecule has 10 heteroatoms. The summed E-state index contributed by atoms with van der Waals surface area (Å²) in [5.41, 5.74) is -0.577. The molecular formula is C26H44N2O8. The van der Waals surface area contributed by atoms with Crippen molar-refractivity contribution in [2.75, 3.05) is 14.2 Å². The second kappa shape index (κ2) is 12.0. The standard InChI is InChI=1S/C13H23NO4.C13H21NO4/c2*1-8-7-10(11(15)17-6)14(9(8)2)12(16)18-13(3,4)5/h8-10H,7H2,1-6H3;8,10H,2,7H2,1,3-6H3/t8-,9-,10-;8-,10-/m00/s1. The van der Waals surface area contributed by atoms with Gasteiger partial charge in [-0.25, -0.2) is 19.2 Å². The van der Waals surface area contributed by atoms with Crippen LogP contribution < -0.4 is 0 Å². The number of ether oxygens (including phenoxy) is 4. The van der Waals surface area contributed by atoms with E-state index in [2.05, 4.69) is 6.58 Å². The topological polar surface area (TPSA) is 112 Å². The Morgan fingerprint density at radius 1 is 0.778 bits per heavy atom. The molecule has 0 radical (unpaired) electrons. The summed E-state index contributed by atoms with van der Waals surface area (Å²) < 4.78 is 20.1. The van der Waals surface area contributed by atoms with E-state index in [9.17, 15) is 19.2 Å². The highest BCUT2D eigenvalue weighted by molar-refractivity contribution is 5.84. The number of esters is 2. The summed E-state index contributed by atoms with van der Waals surface area (Å²) in [5, 5.41) is 0. The van der Waals surface area contributed by atoms with Crippen molar-refractivity contribution in [3.63, 3.8) is 0 Å². The Morgan fingerprint density at radius 2 is 1.22 bits per heavy atom. The van der Waals surface area contributed by atoms with Gasteiger partial charge in [-0.1, -0.05) is 20.4 Å². The molecule has 5 atom stereocenters. The quantitative estimate of drug-likeness (QED) is 0.392. The van der Waals surface area contributed by atoms with Gasteiger partial charge >= 0.3 is 24.1 Å². The van der Waals surface area contributed by atoms with E-state index in [4.69, 9.17) is 18.9 Å². The second-order valence-corrected chi connectivity index (χ2v) is 11.4. The molecule has 10 nitrogen and oxygen atoms in total. The fourth-order valence-corrected chi connectivity index (χ4v) is 4.08. The average Bonchev–Trinajstić information content (AvgIpc) is 3.20. The van der Waals surface area contributed by atoms with Gasteiger partial charge in [-0.2, -0.15) is 0 Å². The van der Waals surface area contributed by atoms with Gasteiger partial charge in [0.25, 0.3) is 0 Å². The summed E-state index contributed by atoms with van der Waals surface area (Å²) in [6.07, 6.45) is 0.139. The van der Waals surface area contributed by atoms with Crippen LogP contribution in [0.25, 0.3) is 0 Å². The average molecular weight is 513 g/mol. The van der Waals surface area contributed by atoms with Crippen molar-refractivity contribution in [1.29, 1.82) is 0 Å².